The van der Waals surface area contributed by atoms with E-state index in [1.807, 2.05) is 0 Å². The minimum Gasteiger partial charge on any atom is -0.319 e. The first-order chi connectivity index (χ1) is 8.56. The first kappa shape index (κ1) is 16.0. The Bertz CT molecular complexity index is 215. The first-order valence-electron chi connectivity index (χ1n) is 7.91. The van der Waals surface area contributed by atoms with Gasteiger partial charge < -0.3 is 10.2 Å². The van der Waals surface area contributed by atoms with Gasteiger partial charge in [0, 0.05) is 19.1 Å². The van der Waals surface area contributed by atoms with Crippen LogP contribution in [0, 0.1) is 11.3 Å². The zero-order valence-corrected chi connectivity index (χ0v) is 13.3. The molecule has 0 bridgehead atoms. The molecule has 1 fully saturated rings. The van der Waals surface area contributed by atoms with Gasteiger partial charge in [0.2, 0.25) is 0 Å². The summed E-state index contributed by atoms with van der Waals surface area (Å²) in [6.07, 6.45) is 8.19. The van der Waals surface area contributed by atoms with Crippen LogP contribution in [0.2, 0.25) is 0 Å². The van der Waals surface area contributed by atoms with Crippen LogP contribution >= 0.6 is 0 Å². The van der Waals surface area contributed by atoms with Gasteiger partial charge in [-0.15, -0.1) is 0 Å². The zero-order chi connectivity index (χ0) is 13.6. The van der Waals surface area contributed by atoms with E-state index in [9.17, 15) is 0 Å². The molecule has 0 amide bonds. The van der Waals surface area contributed by atoms with E-state index < -0.39 is 0 Å². The zero-order valence-electron chi connectivity index (χ0n) is 13.3. The molecule has 1 aliphatic carbocycles. The van der Waals surface area contributed by atoms with E-state index in [2.05, 4.69) is 45.1 Å². The molecule has 0 heterocycles. The van der Waals surface area contributed by atoms with Gasteiger partial charge in [0.05, 0.1) is 0 Å². The fourth-order valence-electron chi connectivity index (χ4n) is 3.71. The topological polar surface area (TPSA) is 15.3 Å². The lowest BCUT2D eigenvalue weighted by Crippen LogP contribution is -2.47. The summed E-state index contributed by atoms with van der Waals surface area (Å²) in [6, 6.07) is 0.762. The molecule has 2 nitrogen and oxygen atoms in total. The van der Waals surface area contributed by atoms with Crippen LogP contribution in [-0.2, 0) is 0 Å². The minimum atomic E-state index is 0.526. The number of hydrogen-bond acceptors (Lipinski definition) is 2. The summed E-state index contributed by atoms with van der Waals surface area (Å²) in [6.45, 7) is 9.50. The van der Waals surface area contributed by atoms with Crippen molar-refractivity contribution in [1.82, 2.24) is 10.2 Å². The molecule has 0 spiro atoms. The molecule has 0 aromatic carbocycles. The average Bonchev–Trinajstić information content (AvgIpc) is 2.35. The van der Waals surface area contributed by atoms with Crippen LogP contribution in [0.5, 0.6) is 0 Å². The molecular formula is C16H34N2. The summed E-state index contributed by atoms with van der Waals surface area (Å²) in [5, 5.41) is 3.45. The van der Waals surface area contributed by atoms with Crippen molar-refractivity contribution in [3.05, 3.63) is 0 Å². The van der Waals surface area contributed by atoms with Crippen LogP contribution in [0.15, 0.2) is 0 Å². The highest BCUT2D eigenvalue weighted by molar-refractivity contribution is 4.89. The molecule has 1 N–H and O–H groups in total. The summed E-state index contributed by atoms with van der Waals surface area (Å²) in [5.74, 6) is 0.938. The summed E-state index contributed by atoms with van der Waals surface area (Å²) in [4.78, 5) is 2.62. The van der Waals surface area contributed by atoms with Crippen molar-refractivity contribution in [3.8, 4) is 0 Å². The van der Waals surface area contributed by atoms with E-state index in [1.165, 1.54) is 51.6 Å². The molecule has 1 rings (SSSR count). The first-order valence-corrected chi connectivity index (χ1v) is 7.91. The van der Waals surface area contributed by atoms with Crippen molar-refractivity contribution in [1.29, 1.82) is 0 Å². The lowest BCUT2D eigenvalue weighted by atomic mass is 9.70. The smallest absolute Gasteiger partial charge is 0.00872 e. The fraction of sp³-hybridized carbons (Fsp3) is 1.00. The molecule has 108 valence electrons. The SMILES string of the molecule is CCC(CC)N(C)CC1(CNC)CCC(C)CC1. The standard InChI is InChI=1S/C16H34N2/c1-6-15(7-2)18(5)13-16(12-17-4)10-8-14(3)9-11-16/h14-15,17H,6-13H2,1-5H3. The Kier molecular flexibility index (Phi) is 6.65. The van der Waals surface area contributed by atoms with Crippen LogP contribution in [-0.4, -0.2) is 38.1 Å². The molecule has 0 aliphatic heterocycles. The van der Waals surface area contributed by atoms with Gasteiger partial charge in [0.25, 0.3) is 0 Å². The van der Waals surface area contributed by atoms with Crippen molar-refractivity contribution in [2.45, 2.75) is 65.3 Å². The molecule has 0 aromatic rings. The molecule has 1 aliphatic rings. The maximum atomic E-state index is 3.45. The second kappa shape index (κ2) is 7.49. The van der Waals surface area contributed by atoms with Crippen LogP contribution in [0.4, 0.5) is 0 Å². The normalized spacial score (nSPS) is 29.2. The highest BCUT2D eigenvalue weighted by Crippen LogP contribution is 2.39. The van der Waals surface area contributed by atoms with Gasteiger partial charge in [0.15, 0.2) is 0 Å². The fourth-order valence-corrected chi connectivity index (χ4v) is 3.71. The van der Waals surface area contributed by atoms with E-state index in [4.69, 9.17) is 0 Å². The van der Waals surface area contributed by atoms with E-state index >= 15 is 0 Å². The van der Waals surface area contributed by atoms with Gasteiger partial charge in [-0.3, -0.25) is 0 Å². The van der Waals surface area contributed by atoms with Crippen molar-refractivity contribution in [2.75, 3.05) is 27.2 Å². The van der Waals surface area contributed by atoms with Crippen LogP contribution in [0.3, 0.4) is 0 Å². The van der Waals surface area contributed by atoms with E-state index in [0.717, 1.165) is 12.0 Å². The van der Waals surface area contributed by atoms with Crippen molar-refractivity contribution >= 4 is 0 Å². The third-order valence-corrected chi connectivity index (χ3v) is 5.04. The monoisotopic (exact) mass is 254 g/mol. The largest absolute Gasteiger partial charge is 0.319 e. The summed E-state index contributed by atoms with van der Waals surface area (Å²) in [7, 11) is 4.43. The van der Waals surface area contributed by atoms with Crippen molar-refractivity contribution in [3.63, 3.8) is 0 Å². The Morgan fingerprint density at radius 3 is 2.22 bits per heavy atom. The predicted octanol–water partition coefficient (Wildman–Crippen LogP) is 3.52. The number of nitrogens with zero attached hydrogens (tertiary/aromatic N) is 1. The molecule has 0 atom stereocenters. The van der Waals surface area contributed by atoms with Gasteiger partial charge >= 0.3 is 0 Å². The maximum absolute atomic E-state index is 3.45. The molecule has 18 heavy (non-hydrogen) atoms. The lowest BCUT2D eigenvalue weighted by molar-refractivity contribution is 0.0777. The van der Waals surface area contributed by atoms with Gasteiger partial charge in [0.1, 0.15) is 0 Å². The Morgan fingerprint density at radius 2 is 1.78 bits per heavy atom. The van der Waals surface area contributed by atoms with Gasteiger partial charge in [-0.2, -0.15) is 0 Å². The highest BCUT2D eigenvalue weighted by Gasteiger charge is 2.35. The van der Waals surface area contributed by atoms with E-state index in [-0.39, 0.29) is 0 Å². The highest BCUT2D eigenvalue weighted by atomic mass is 15.1. The van der Waals surface area contributed by atoms with Gasteiger partial charge in [-0.25, -0.2) is 0 Å². The average molecular weight is 254 g/mol. The third-order valence-electron chi connectivity index (χ3n) is 5.04. The summed E-state index contributed by atoms with van der Waals surface area (Å²) < 4.78 is 0. The molecule has 1 saturated carbocycles. The van der Waals surface area contributed by atoms with Crippen LogP contribution < -0.4 is 5.32 Å². The molecule has 0 radical (unpaired) electrons. The quantitative estimate of drug-likeness (QED) is 0.748. The summed E-state index contributed by atoms with van der Waals surface area (Å²) in [5.41, 5.74) is 0.526. The molecule has 0 aromatic heterocycles. The molecule has 0 unspecified atom stereocenters. The maximum Gasteiger partial charge on any atom is 0.00872 e. The third kappa shape index (κ3) is 4.24. The lowest BCUT2D eigenvalue weighted by Gasteiger charge is -2.43. The number of rotatable bonds is 7. The van der Waals surface area contributed by atoms with Crippen LogP contribution in [0.25, 0.3) is 0 Å². The predicted molar refractivity (Wildman–Crippen MR) is 81.0 cm³/mol. The van der Waals surface area contributed by atoms with Crippen molar-refractivity contribution < 1.29 is 0 Å². The Morgan fingerprint density at radius 1 is 1.22 bits per heavy atom. The van der Waals surface area contributed by atoms with E-state index in [0.29, 0.717) is 5.41 Å². The van der Waals surface area contributed by atoms with Gasteiger partial charge in [-0.1, -0.05) is 33.6 Å². The Labute approximate surface area is 115 Å². The Hall–Kier alpha value is -0.0800. The second-order valence-corrected chi connectivity index (χ2v) is 6.60. The van der Waals surface area contributed by atoms with Gasteiger partial charge in [-0.05, 0) is 51.1 Å². The van der Waals surface area contributed by atoms with Crippen LogP contribution in [0.1, 0.15) is 59.3 Å². The number of hydrogen-bond donors (Lipinski definition) is 1. The summed E-state index contributed by atoms with van der Waals surface area (Å²) >= 11 is 0. The minimum absolute atomic E-state index is 0.526. The Balaban J connectivity index is 2.61. The molecule has 2 heteroatoms. The van der Waals surface area contributed by atoms with E-state index in [1.54, 1.807) is 0 Å². The number of nitrogens with one attached hydrogen (secondary N) is 1. The molecule has 0 saturated heterocycles. The van der Waals surface area contributed by atoms with Crippen molar-refractivity contribution in [2.24, 2.45) is 11.3 Å². The second-order valence-electron chi connectivity index (χ2n) is 6.60. The molecular weight excluding hydrogens is 220 g/mol.